The predicted molar refractivity (Wildman–Crippen MR) is 63.7 cm³/mol. The van der Waals surface area contributed by atoms with Crippen LogP contribution in [0.15, 0.2) is 22.7 Å². The molecule has 86 valence electrons. The van der Waals surface area contributed by atoms with Crippen LogP contribution < -0.4 is 10.6 Å². The van der Waals surface area contributed by atoms with Crippen LogP contribution in [0.1, 0.15) is 12.8 Å². The van der Waals surface area contributed by atoms with Crippen molar-refractivity contribution < 1.29 is 9.18 Å². The summed E-state index contributed by atoms with van der Waals surface area (Å²) < 4.78 is 13.5. The van der Waals surface area contributed by atoms with Gasteiger partial charge in [0, 0.05) is 11.0 Å². The highest BCUT2D eigenvalue weighted by molar-refractivity contribution is 9.10. The molecule has 1 amide bonds. The SMILES string of the molecule is NC1CCCN(c2ccc(F)cc2Br)C1=O. The number of anilines is 1. The molecule has 0 spiro atoms. The van der Waals surface area contributed by atoms with Gasteiger partial charge in [0.1, 0.15) is 5.82 Å². The summed E-state index contributed by atoms with van der Waals surface area (Å²) in [5.74, 6) is -0.428. The molecular formula is C11H12BrFN2O. The minimum absolute atomic E-state index is 0.0986. The Balaban J connectivity index is 2.32. The molecule has 1 atom stereocenters. The lowest BCUT2D eigenvalue weighted by molar-refractivity contribution is -0.120. The largest absolute Gasteiger partial charge is 0.320 e. The average Bonchev–Trinajstić information content (AvgIpc) is 2.23. The number of halogens is 2. The van der Waals surface area contributed by atoms with Crippen molar-refractivity contribution in [1.29, 1.82) is 0 Å². The van der Waals surface area contributed by atoms with E-state index in [1.807, 2.05) is 0 Å². The Kier molecular flexibility index (Phi) is 3.25. The molecule has 1 aromatic carbocycles. The monoisotopic (exact) mass is 286 g/mol. The standard InChI is InChI=1S/C11H12BrFN2O/c12-8-6-7(13)3-4-10(8)15-5-1-2-9(14)11(15)16/h3-4,6,9H,1-2,5,14H2. The lowest BCUT2D eigenvalue weighted by Crippen LogP contribution is -2.48. The number of piperidine rings is 1. The summed E-state index contributed by atoms with van der Waals surface area (Å²) >= 11 is 3.26. The zero-order chi connectivity index (χ0) is 11.7. The second-order valence-electron chi connectivity index (χ2n) is 3.83. The molecule has 0 radical (unpaired) electrons. The molecule has 1 aliphatic heterocycles. The fraction of sp³-hybridized carbons (Fsp3) is 0.364. The number of carbonyl (C=O) groups is 1. The molecule has 0 aliphatic carbocycles. The van der Waals surface area contributed by atoms with Gasteiger partial charge >= 0.3 is 0 Å². The number of rotatable bonds is 1. The molecule has 1 unspecified atom stereocenters. The van der Waals surface area contributed by atoms with Gasteiger partial charge < -0.3 is 10.6 Å². The zero-order valence-electron chi connectivity index (χ0n) is 8.62. The van der Waals surface area contributed by atoms with E-state index >= 15 is 0 Å². The molecule has 2 N–H and O–H groups in total. The first-order chi connectivity index (χ1) is 7.59. The highest BCUT2D eigenvalue weighted by Crippen LogP contribution is 2.29. The van der Waals surface area contributed by atoms with E-state index in [9.17, 15) is 9.18 Å². The Hall–Kier alpha value is -0.940. The van der Waals surface area contributed by atoms with Crippen molar-refractivity contribution in [2.75, 3.05) is 11.4 Å². The van der Waals surface area contributed by atoms with Crippen molar-refractivity contribution in [3.05, 3.63) is 28.5 Å². The average molecular weight is 287 g/mol. The second-order valence-corrected chi connectivity index (χ2v) is 4.69. The van der Waals surface area contributed by atoms with Gasteiger partial charge in [-0.1, -0.05) is 0 Å². The Labute approximate surface area is 102 Å². The lowest BCUT2D eigenvalue weighted by atomic mass is 10.0. The van der Waals surface area contributed by atoms with E-state index in [4.69, 9.17) is 5.73 Å². The van der Waals surface area contributed by atoms with Crippen LogP contribution in [0.2, 0.25) is 0 Å². The van der Waals surface area contributed by atoms with Crippen molar-refractivity contribution in [1.82, 2.24) is 0 Å². The van der Waals surface area contributed by atoms with Gasteiger partial charge in [-0.2, -0.15) is 0 Å². The maximum atomic E-state index is 12.9. The van der Waals surface area contributed by atoms with Gasteiger partial charge in [0.15, 0.2) is 0 Å². The summed E-state index contributed by atoms with van der Waals surface area (Å²) in [6.45, 7) is 0.636. The molecule has 0 saturated carbocycles. The van der Waals surface area contributed by atoms with E-state index in [-0.39, 0.29) is 11.7 Å². The van der Waals surface area contributed by atoms with Crippen LogP contribution in [0.4, 0.5) is 10.1 Å². The minimum Gasteiger partial charge on any atom is -0.320 e. The fourth-order valence-electron chi connectivity index (χ4n) is 1.84. The molecule has 0 aromatic heterocycles. The molecule has 1 aromatic rings. The Morgan fingerprint density at radius 1 is 1.50 bits per heavy atom. The van der Waals surface area contributed by atoms with E-state index in [0.29, 0.717) is 23.1 Å². The van der Waals surface area contributed by atoms with Crippen LogP contribution in [0.25, 0.3) is 0 Å². The summed E-state index contributed by atoms with van der Waals surface area (Å²) in [5.41, 5.74) is 6.39. The lowest BCUT2D eigenvalue weighted by Gasteiger charge is -2.31. The van der Waals surface area contributed by atoms with E-state index in [2.05, 4.69) is 15.9 Å². The number of amides is 1. The minimum atomic E-state index is -0.439. The van der Waals surface area contributed by atoms with E-state index < -0.39 is 6.04 Å². The molecule has 3 nitrogen and oxygen atoms in total. The topological polar surface area (TPSA) is 46.3 Å². The molecular weight excluding hydrogens is 275 g/mol. The van der Waals surface area contributed by atoms with Crippen LogP contribution in [0.3, 0.4) is 0 Å². The number of hydrogen-bond acceptors (Lipinski definition) is 2. The highest BCUT2D eigenvalue weighted by Gasteiger charge is 2.27. The fourth-order valence-corrected chi connectivity index (χ4v) is 2.41. The van der Waals surface area contributed by atoms with E-state index in [1.54, 1.807) is 11.0 Å². The molecule has 1 aliphatic rings. The molecule has 1 fully saturated rings. The summed E-state index contributed by atoms with van der Waals surface area (Å²) in [6.07, 6.45) is 1.59. The second kappa shape index (κ2) is 4.51. The van der Waals surface area contributed by atoms with E-state index in [0.717, 1.165) is 6.42 Å². The quantitative estimate of drug-likeness (QED) is 0.859. The normalized spacial score (nSPS) is 21.3. The van der Waals surface area contributed by atoms with Gasteiger partial charge in [-0.25, -0.2) is 4.39 Å². The van der Waals surface area contributed by atoms with Crippen LogP contribution in [0, 0.1) is 5.82 Å². The number of carbonyl (C=O) groups excluding carboxylic acids is 1. The number of hydrogen-bond donors (Lipinski definition) is 1. The Morgan fingerprint density at radius 2 is 2.25 bits per heavy atom. The van der Waals surface area contributed by atoms with Gasteiger partial charge in [0.25, 0.3) is 0 Å². The van der Waals surface area contributed by atoms with Crippen LogP contribution in [-0.2, 0) is 4.79 Å². The van der Waals surface area contributed by atoms with Crippen molar-refractivity contribution in [3.63, 3.8) is 0 Å². The Morgan fingerprint density at radius 3 is 2.94 bits per heavy atom. The third-order valence-electron chi connectivity index (χ3n) is 2.68. The van der Waals surface area contributed by atoms with Gasteiger partial charge in [0.2, 0.25) is 5.91 Å². The maximum Gasteiger partial charge on any atom is 0.243 e. The zero-order valence-corrected chi connectivity index (χ0v) is 10.2. The third-order valence-corrected chi connectivity index (χ3v) is 3.32. The van der Waals surface area contributed by atoms with Crippen LogP contribution in [-0.4, -0.2) is 18.5 Å². The first kappa shape index (κ1) is 11.5. The number of nitrogens with two attached hydrogens (primary N) is 1. The summed E-state index contributed by atoms with van der Waals surface area (Å²) in [4.78, 5) is 13.5. The van der Waals surface area contributed by atoms with Crippen molar-refractivity contribution in [2.24, 2.45) is 5.73 Å². The molecule has 1 saturated heterocycles. The molecule has 0 bridgehead atoms. The van der Waals surface area contributed by atoms with Gasteiger partial charge in [0.05, 0.1) is 11.7 Å². The highest BCUT2D eigenvalue weighted by atomic mass is 79.9. The maximum absolute atomic E-state index is 12.9. The van der Waals surface area contributed by atoms with Crippen LogP contribution in [0.5, 0.6) is 0 Å². The summed E-state index contributed by atoms with van der Waals surface area (Å²) in [7, 11) is 0. The number of nitrogens with zero attached hydrogens (tertiary/aromatic N) is 1. The first-order valence-corrected chi connectivity index (χ1v) is 5.91. The van der Waals surface area contributed by atoms with Gasteiger partial charge in [-0.15, -0.1) is 0 Å². The molecule has 5 heteroatoms. The molecule has 16 heavy (non-hydrogen) atoms. The van der Waals surface area contributed by atoms with Gasteiger partial charge in [-0.05, 0) is 47.0 Å². The van der Waals surface area contributed by atoms with Crippen molar-refractivity contribution >= 4 is 27.5 Å². The van der Waals surface area contributed by atoms with Gasteiger partial charge in [-0.3, -0.25) is 4.79 Å². The third kappa shape index (κ3) is 2.10. The van der Waals surface area contributed by atoms with Crippen molar-refractivity contribution in [3.8, 4) is 0 Å². The predicted octanol–water partition coefficient (Wildman–Crippen LogP) is 2.04. The smallest absolute Gasteiger partial charge is 0.243 e. The van der Waals surface area contributed by atoms with Crippen LogP contribution >= 0.6 is 15.9 Å². The summed E-state index contributed by atoms with van der Waals surface area (Å²) in [5, 5.41) is 0. The van der Waals surface area contributed by atoms with E-state index in [1.165, 1.54) is 12.1 Å². The molecule has 1 heterocycles. The Bertz CT molecular complexity index is 424. The first-order valence-electron chi connectivity index (χ1n) is 5.11. The summed E-state index contributed by atoms with van der Waals surface area (Å²) in [6, 6.07) is 3.84. The molecule has 2 rings (SSSR count). The number of benzene rings is 1. The van der Waals surface area contributed by atoms with Crippen molar-refractivity contribution in [2.45, 2.75) is 18.9 Å².